The molecule has 42 valence electrons. The maximum absolute atomic E-state index is 10.1. The van der Waals surface area contributed by atoms with E-state index in [1.165, 1.54) is 0 Å². The monoisotopic (exact) mass is 122 g/mol. The molecule has 0 rings (SSSR count). The smallest absolute Gasteiger partial charge is 0.304 e. The van der Waals surface area contributed by atoms with Gasteiger partial charge in [-0.25, -0.2) is 0 Å². The predicted octanol–water partition coefficient (Wildman–Crippen LogP) is 0.824. The van der Waals surface area contributed by atoms with Crippen LogP contribution in [0.15, 0.2) is 0 Å². The van der Waals surface area contributed by atoms with Gasteiger partial charge in [0, 0.05) is 5.75 Å². The van der Waals surface area contributed by atoms with E-state index in [0.717, 1.165) is 5.75 Å². The average Bonchev–Trinajstić information content (AvgIpc) is 1.83. The molecule has 0 aromatic heterocycles. The summed E-state index contributed by atoms with van der Waals surface area (Å²) in [5, 5.41) is 3.65. The molecule has 0 atom stereocenters. The molecule has 0 unspecified atom stereocenters. The highest BCUT2D eigenvalue weighted by atomic mass is 32.2. The Balaban J connectivity index is 2.99. The predicted molar refractivity (Wildman–Crippen MR) is 30.6 cm³/mol. The number of carboxylic acids is 1. The molecular weight excluding hydrogens is 112 g/mol. The fraction of sp³-hybridized carbons (Fsp3) is 0.750. The zero-order chi connectivity index (χ0) is 6.41. The molecule has 1 N–H and O–H groups in total. The van der Waals surface area contributed by atoms with E-state index >= 15 is 0 Å². The van der Waals surface area contributed by atoms with Crippen molar-refractivity contribution in [1.82, 2.24) is 0 Å². The van der Waals surface area contributed by atoms with E-state index < -0.39 is 5.97 Å². The van der Waals surface area contributed by atoms with E-state index in [-0.39, 0.29) is 0 Å². The zero-order valence-corrected chi connectivity index (χ0v) is 4.96. The van der Waals surface area contributed by atoms with Crippen LogP contribution in [0.3, 0.4) is 0 Å². The van der Waals surface area contributed by atoms with Gasteiger partial charge in [-0.2, -0.15) is 11.8 Å². The Hall–Kier alpha value is -0.180. The van der Waals surface area contributed by atoms with Crippen molar-refractivity contribution in [3.05, 3.63) is 0 Å². The van der Waals surface area contributed by atoms with Crippen molar-refractivity contribution in [3.63, 3.8) is 0 Å². The second-order valence-electron chi connectivity index (χ2n) is 1.11. The number of aliphatic carboxylic acids is 1. The van der Waals surface area contributed by atoms with Crippen LogP contribution in [0.2, 0.25) is 0 Å². The van der Waals surface area contributed by atoms with Crippen molar-refractivity contribution in [2.45, 2.75) is 6.42 Å². The summed E-state index contributed by atoms with van der Waals surface area (Å²) in [4.78, 5) is 10.1. The molecule has 0 saturated carbocycles. The number of hydrogen-bond donors (Lipinski definition) is 1. The summed E-state index contributed by atoms with van der Waals surface area (Å²) in [6.45, 7) is 0. The summed E-state index contributed by atoms with van der Waals surface area (Å²) >= 11 is 1.56. The van der Waals surface area contributed by atoms with E-state index in [1.54, 1.807) is 11.8 Å². The van der Waals surface area contributed by atoms with Crippen LogP contribution in [0, 0.1) is 0 Å². The van der Waals surface area contributed by atoms with Gasteiger partial charge in [-0.15, -0.1) is 0 Å². The van der Waals surface area contributed by atoms with Gasteiger partial charge in [0.25, 0.3) is 1.43 Å². The third-order valence-electron chi connectivity index (χ3n) is 0.510. The van der Waals surface area contributed by atoms with Crippen LogP contribution >= 0.6 is 11.8 Å². The van der Waals surface area contributed by atoms with E-state index in [9.17, 15) is 4.79 Å². The first kappa shape index (κ1) is 4.97. The van der Waals surface area contributed by atoms with E-state index in [2.05, 4.69) is 5.11 Å². The highest BCUT2D eigenvalue weighted by molar-refractivity contribution is 7.98. The largest absolute Gasteiger partial charge is 0.481 e. The van der Waals surface area contributed by atoms with Gasteiger partial charge in [-0.1, -0.05) is 0 Å². The third kappa shape index (κ3) is 5.82. The van der Waals surface area contributed by atoms with Gasteiger partial charge < -0.3 is 5.11 Å². The summed E-state index contributed by atoms with van der Waals surface area (Å²) in [5.41, 5.74) is 0. The van der Waals surface area contributed by atoms with Crippen LogP contribution in [0.4, 0.5) is 0 Å². The quantitative estimate of drug-likeness (QED) is 0.602. The normalized spacial score (nSPS) is 10.1. The lowest BCUT2D eigenvalue weighted by atomic mass is 10.5. The Bertz CT molecular complexity index is 76.4. The average molecular weight is 122 g/mol. The second kappa shape index (κ2) is 3.99. The molecule has 0 fully saturated rings. The first-order chi connectivity index (χ1) is 3.81. The molecule has 0 heterocycles. The second-order valence-corrected chi connectivity index (χ2v) is 2.10. The fourth-order valence-corrected chi connectivity index (χ4v) is 0.556. The van der Waals surface area contributed by atoms with Gasteiger partial charge >= 0.3 is 5.97 Å². The zero-order valence-electron chi connectivity index (χ0n) is 5.14. The standard InChI is InChI=1S/C4H8O2S/c1-7-3-2-4(5)6/h2-3H2,1H3,(H,5,6)/i/hT. The Morgan fingerprint density at radius 2 is 2.86 bits per heavy atom. The van der Waals surface area contributed by atoms with Gasteiger partial charge in [0.1, 0.15) is 0 Å². The summed E-state index contributed by atoms with van der Waals surface area (Å²) in [7, 11) is 0. The van der Waals surface area contributed by atoms with Crippen molar-refractivity contribution in [3.8, 4) is 0 Å². The number of hydrogen-bond acceptors (Lipinski definition) is 3. The van der Waals surface area contributed by atoms with Crippen LogP contribution < -0.4 is 0 Å². The first-order valence-corrected chi connectivity index (χ1v) is 3.35. The number of thioether (sulfide) groups is 1. The maximum Gasteiger partial charge on any atom is 0.304 e. The van der Waals surface area contributed by atoms with Crippen molar-refractivity contribution in [1.29, 1.82) is 1.43 Å². The molecular formula is C4H8O2S. The Labute approximate surface area is 48.4 Å². The summed E-state index contributed by atoms with van der Waals surface area (Å²) in [6.07, 6.45) is 2.24. The molecule has 0 radical (unpaired) electrons. The van der Waals surface area contributed by atoms with Crippen LogP contribution in [-0.4, -0.2) is 23.1 Å². The van der Waals surface area contributed by atoms with Crippen LogP contribution in [0.5, 0.6) is 0 Å². The van der Waals surface area contributed by atoms with E-state index in [4.69, 9.17) is 1.43 Å². The van der Waals surface area contributed by atoms with Crippen molar-refractivity contribution in [2.24, 2.45) is 0 Å². The molecule has 3 heteroatoms. The summed E-state index contributed by atoms with van der Waals surface area (Å²) in [6, 6.07) is 0. The van der Waals surface area contributed by atoms with Crippen molar-refractivity contribution < 1.29 is 9.90 Å². The molecule has 0 spiro atoms. The summed E-state index contributed by atoms with van der Waals surface area (Å²) in [5.74, 6) is 0.275. The highest BCUT2D eigenvalue weighted by Crippen LogP contribution is 1.93. The molecule has 0 aliphatic carbocycles. The Morgan fingerprint density at radius 3 is 3.29 bits per heavy atom. The molecule has 0 aliphatic heterocycles. The molecule has 0 bridgehead atoms. The molecule has 0 amide bonds. The Morgan fingerprint density at radius 1 is 2.14 bits per heavy atom. The molecule has 0 aliphatic rings. The Kier molecular flexibility index (Phi) is 2.83. The SMILES string of the molecule is [3H]OC(=O)CCSC. The van der Waals surface area contributed by atoms with Gasteiger partial charge in [0.05, 0.1) is 6.42 Å². The molecule has 0 aromatic carbocycles. The van der Waals surface area contributed by atoms with E-state index in [0.29, 0.717) is 6.42 Å². The van der Waals surface area contributed by atoms with Crippen LogP contribution in [0.1, 0.15) is 6.42 Å². The maximum atomic E-state index is 10.1. The lowest BCUT2D eigenvalue weighted by Crippen LogP contribution is -1.94. The lowest BCUT2D eigenvalue weighted by Gasteiger charge is -1.85. The van der Waals surface area contributed by atoms with Crippen LogP contribution in [-0.2, 0) is 4.79 Å². The van der Waals surface area contributed by atoms with Crippen LogP contribution in [0.25, 0.3) is 1.43 Å². The minimum Gasteiger partial charge on any atom is -0.481 e. The van der Waals surface area contributed by atoms with Crippen molar-refractivity contribution >= 4 is 17.7 Å². The first-order valence-electron chi connectivity index (χ1n) is 2.37. The fourth-order valence-electron chi connectivity index (χ4n) is 0.185. The minimum atomic E-state index is -0.459. The van der Waals surface area contributed by atoms with Gasteiger partial charge in [0.2, 0.25) is 0 Å². The number of carboxylic acid groups (broad SMARTS) is 1. The van der Waals surface area contributed by atoms with Crippen molar-refractivity contribution in [2.75, 3.05) is 12.0 Å². The minimum absolute atomic E-state index is 0.338. The molecule has 0 aromatic rings. The lowest BCUT2D eigenvalue weighted by molar-refractivity contribution is -0.136. The highest BCUT2D eigenvalue weighted by Gasteiger charge is 1.91. The van der Waals surface area contributed by atoms with E-state index in [1.807, 2.05) is 6.26 Å². The van der Waals surface area contributed by atoms with Gasteiger partial charge in [-0.3, -0.25) is 4.79 Å². The molecule has 7 heavy (non-hydrogen) atoms. The topological polar surface area (TPSA) is 37.3 Å². The van der Waals surface area contributed by atoms with Gasteiger partial charge in [-0.05, 0) is 6.26 Å². The third-order valence-corrected chi connectivity index (χ3v) is 1.12. The number of rotatable bonds is 3. The molecule has 0 saturated heterocycles. The molecule has 2 nitrogen and oxygen atoms in total. The number of carbonyl (C=O) groups is 1. The summed E-state index contributed by atoms with van der Waals surface area (Å²) < 4.78 is 6.13. The van der Waals surface area contributed by atoms with Gasteiger partial charge in [0.15, 0.2) is 0 Å².